The minimum Gasteiger partial charge on any atom is -0.342 e. The van der Waals surface area contributed by atoms with E-state index in [4.69, 9.17) is 0 Å². The Morgan fingerprint density at radius 2 is 2.00 bits per heavy atom. The van der Waals surface area contributed by atoms with Gasteiger partial charge in [0.15, 0.2) is 0 Å². The highest BCUT2D eigenvalue weighted by atomic mass is 127. The maximum Gasteiger partial charge on any atom is 0.253 e. The molecule has 0 aliphatic carbocycles. The Kier molecular flexibility index (Phi) is 6.61. The van der Waals surface area contributed by atoms with Gasteiger partial charge in [0.05, 0.1) is 0 Å². The van der Waals surface area contributed by atoms with Crippen LogP contribution in [0.4, 0.5) is 4.39 Å². The van der Waals surface area contributed by atoms with E-state index < -0.39 is 0 Å². The molecule has 6 heteroatoms. The number of rotatable bonds is 6. The zero-order valence-electron chi connectivity index (χ0n) is 14.7. The van der Waals surface area contributed by atoms with Gasteiger partial charge in [0.1, 0.15) is 5.82 Å². The van der Waals surface area contributed by atoms with Crippen molar-refractivity contribution in [1.29, 1.82) is 0 Å². The van der Waals surface area contributed by atoms with Crippen LogP contribution in [0.5, 0.6) is 0 Å². The van der Waals surface area contributed by atoms with Crippen molar-refractivity contribution in [3.8, 4) is 0 Å². The van der Waals surface area contributed by atoms with Gasteiger partial charge in [0, 0.05) is 34.8 Å². The predicted molar refractivity (Wildman–Crippen MR) is 109 cm³/mol. The zero-order valence-corrected chi connectivity index (χ0v) is 16.9. The van der Waals surface area contributed by atoms with Crippen LogP contribution in [0.2, 0.25) is 0 Å². The summed E-state index contributed by atoms with van der Waals surface area (Å²) in [6.45, 7) is 0.726. The summed E-state index contributed by atoms with van der Waals surface area (Å²) in [6, 6.07) is 14.9. The third-order valence-corrected chi connectivity index (χ3v) is 5.39. The number of halogens is 2. The molecule has 26 heavy (non-hydrogen) atoms. The summed E-state index contributed by atoms with van der Waals surface area (Å²) >= 11 is 2.22. The molecule has 1 fully saturated rings. The van der Waals surface area contributed by atoms with Crippen molar-refractivity contribution in [1.82, 2.24) is 15.8 Å². The molecule has 2 atom stereocenters. The number of carbonyl (C=O) groups excluding carboxylic acids is 1. The highest BCUT2D eigenvalue weighted by molar-refractivity contribution is 14.1. The quantitative estimate of drug-likeness (QED) is 0.634. The number of benzene rings is 2. The van der Waals surface area contributed by atoms with Crippen molar-refractivity contribution < 1.29 is 9.18 Å². The maximum absolute atomic E-state index is 13.0. The first-order chi connectivity index (χ1) is 12.5. The number of nitrogens with zero attached hydrogens (tertiary/aromatic N) is 1. The van der Waals surface area contributed by atoms with Gasteiger partial charge in [-0.15, -0.1) is 0 Å². The minimum absolute atomic E-state index is 0.0604. The molecule has 1 saturated heterocycles. The molecule has 0 bridgehead atoms. The SMILES string of the molecule is CN(CCCC1CC(c2ccc(F)cc2)NN1)C(=O)c1cccc(I)c1. The molecule has 1 amide bonds. The fourth-order valence-electron chi connectivity index (χ4n) is 3.24. The molecule has 3 rings (SSSR count). The lowest BCUT2D eigenvalue weighted by Gasteiger charge is -2.18. The molecule has 2 aromatic carbocycles. The average molecular weight is 467 g/mol. The summed E-state index contributed by atoms with van der Waals surface area (Å²) in [6.07, 6.45) is 2.87. The van der Waals surface area contributed by atoms with Gasteiger partial charge in [-0.2, -0.15) is 0 Å². The van der Waals surface area contributed by atoms with E-state index in [2.05, 4.69) is 33.4 Å². The number of amides is 1. The maximum atomic E-state index is 13.0. The van der Waals surface area contributed by atoms with Crippen molar-refractivity contribution in [2.75, 3.05) is 13.6 Å². The van der Waals surface area contributed by atoms with E-state index in [1.165, 1.54) is 12.1 Å². The third kappa shape index (κ3) is 5.02. The number of carbonyl (C=O) groups is 1. The molecule has 1 heterocycles. The second-order valence-corrected chi connectivity index (χ2v) is 7.95. The molecule has 0 aromatic heterocycles. The minimum atomic E-state index is -0.211. The Bertz CT molecular complexity index is 753. The summed E-state index contributed by atoms with van der Waals surface area (Å²) < 4.78 is 14.1. The first-order valence-corrected chi connectivity index (χ1v) is 9.88. The van der Waals surface area contributed by atoms with Crippen LogP contribution in [0.1, 0.15) is 41.2 Å². The second kappa shape index (κ2) is 8.92. The Hall–Kier alpha value is -1.51. The standard InChI is InChI=1S/C20H23FIN3O/c1-25(20(26)15-4-2-5-17(22)12-15)11-3-6-18-13-19(24-23-18)14-7-9-16(21)10-8-14/h2,4-5,7-10,12,18-19,23-24H,3,6,11,13H2,1H3. The number of hydrazine groups is 1. The van der Waals surface area contributed by atoms with Crippen molar-refractivity contribution >= 4 is 28.5 Å². The molecular weight excluding hydrogens is 444 g/mol. The third-order valence-electron chi connectivity index (χ3n) is 4.72. The normalized spacial score (nSPS) is 19.5. The van der Waals surface area contributed by atoms with Crippen molar-refractivity contribution in [2.24, 2.45) is 0 Å². The van der Waals surface area contributed by atoms with Crippen LogP contribution in [0, 0.1) is 9.39 Å². The number of hydrogen-bond donors (Lipinski definition) is 2. The molecular formula is C20H23FIN3O. The van der Waals surface area contributed by atoms with Gasteiger partial charge >= 0.3 is 0 Å². The van der Waals surface area contributed by atoms with Gasteiger partial charge in [-0.25, -0.2) is 4.39 Å². The topological polar surface area (TPSA) is 44.4 Å². The van der Waals surface area contributed by atoms with Crippen molar-refractivity contribution in [3.63, 3.8) is 0 Å². The lowest BCUT2D eigenvalue weighted by Crippen LogP contribution is -2.32. The van der Waals surface area contributed by atoms with E-state index in [9.17, 15) is 9.18 Å². The van der Waals surface area contributed by atoms with Gasteiger partial charge in [-0.1, -0.05) is 18.2 Å². The van der Waals surface area contributed by atoms with E-state index in [0.717, 1.165) is 40.5 Å². The Labute approximate surface area is 167 Å². The lowest BCUT2D eigenvalue weighted by atomic mass is 9.99. The summed E-state index contributed by atoms with van der Waals surface area (Å²) in [7, 11) is 1.85. The lowest BCUT2D eigenvalue weighted by molar-refractivity contribution is 0.0791. The molecule has 0 radical (unpaired) electrons. The second-order valence-electron chi connectivity index (χ2n) is 6.70. The molecule has 2 N–H and O–H groups in total. The van der Waals surface area contributed by atoms with Gasteiger partial charge in [-0.3, -0.25) is 15.6 Å². The molecule has 0 spiro atoms. The predicted octanol–water partition coefficient (Wildman–Crippen LogP) is 3.89. The molecule has 2 aromatic rings. The van der Waals surface area contributed by atoms with Gasteiger partial charge in [0.2, 0.25) is 0 Å². The van der Waals surface area contributed by atoms with Gasteiger partial charge in [0.25, 0.3) is 5.91 Å². The van der Waals surface area contributed by atoms with Gasteiger partial charge < -0.3 is 4.90 Å². The van der Waals surface area contributed by atoms with Crippen LogP contribution < -0.4 is 10.9 Å². The van der Waals surface area contributed by atoms with E-state index in [-0.39, 0.29) is 17.8 Å². The summed E-state index contributed by atoms with van der Waals surface area (Å²) in [4.78, 5) is 14.2. The first kappa shape index (κ1) is 19.3. The number of nitrogens with one attached hydrogen (secondary N) is 2. The van der Waals surface area contributed by atoms with Crippen LogP contribution >= 0.6 is 22.6 Å². The highest BCUT2D eigenvalue weighted by Gasteiger charge is 2.24. The van der Waals surface area contributed by atoms with E-state index in [0.29, 0.717) is 6.04 Å². The first-order valence-electron chi connectivity index (χ1n) is 8.80. The molecule has 4 nitrogen and oxygen atoms in total. The Morgan fingerprint density at radius 3 is 2.73 bits per heavy atom. The Morgan fingerprint density at radius 1 is 1.23 bits per heavy atom. The largest absolute Gasteiger partial charge is 0.342 e. The van der Waals surface area contributed by atoms with Crippen LogP contribution in [0.15, 0.2) is 48.5 Å². The fraction of sp³-hybridized carbons (Fsp3) is 0.350. The summed E-state index contributed by atoms with van der Waals surface area (Å²) in [5.74, 6) is -0.151. The monoisotopic (exact) mass is 467 g/mol. The van der Waals surface area contributed by atoms with Crippen LogP contribution in [-0.4, -0.2) is 30.4 Å². The van der Waals surface area contributed by atoms with Crippen molar-refractivity contribution in [3.05, 3.63) is 69.0 Å². The fourth-order valence-corrected chi connectivity index (χ4v) is 3.79. The van der Waals surface area contributed by atoms with E-state index in [1.54, 1.807) is 4.90 Å². The molecule has 1 aliphatic rings. The van der Waals surface area contributed by atoms with Crippen LogP contribution in [0.3, 0.4) is 0 Å². The van der Waals surface area contributed by atoms with Crippen LogP contribution in [-0.2, 0) is 0 Å². The molecule has 2 unspecified atom stereocenters. The summed E-state index contributed by atoms with van der Waals surface area (Å²) in [5, 5.41) is 0. The van der Waals surface area contributed by atoms with Crippen LogP contribution in [0.25, 0.3) is 0 Å². The zero-order chi connectivity index (χ0) is 18.5. The molecule has 138 valence electrons. The average Bonchev–Trinajstić information content (AvgIpc) is 3.10. The molecule has 1 aliphatic heterocycles. The van der Waals surface area contributed by atoms with E-state index >= 15 is 0 Å². The van der Waals surface area contributed by atoms with Gasteiger partial charge in [-0.05, 0) is 77.7 Å². The summed E-state index contributed by atoms with van der Waals surface area (Å²) in [5.41, 5.74) is 8.42. The Balaban J connectivity index is 1.43. The van der Waals surface area contributed by atoms with Crippen molar-refractivity contribution in [2.45, 2.75) is 31.3 Å². The smallest absolute Gasteiger partial charge is 0.253 e. The van der Waals surface area contributed by atoms with E-state index in [1.807, 2.05) is 43.4 Å². The highest BCUT2D eigenvalue weighted by Crippen LogP contribution is 2.24. The molecule has 0 saturated carbocycles. The number of hydrogen-bond acceptors (Lipinski definition) is 3.